The quantitative estimate of drug-likeness (QED) is 0.843. The van der Waals surface area contributed by atoms with Crippen LogP contribution in [0.25, 0.3) is 0 Å². The Bertz CT molecular complexity index is 593. The number of hydrogen-bond acceptors (Lipinski definition) is 6. The average Bonchev–Trinajstić information content (AvgIpc) is 3.13. The van der Waals surface area contributed by atoms with Gasteiger partial charge in [-0.15, -0.1) is 0 Å². The van der Waals surface area contributed by atoms with Gasteiger partial charge in [0.1, 0.15) is 17.2 Å². The maximum atomic E-state index is 12.9. The van der Waals surface area contributed by atoms with Gasteiger partial charge in [0.2, 0.25) is 0 Å². The van der Waals surface area contributed by atoms with Crippen LogP contribution >= 0.6 is 0 Å². The van der Waals surface area contributed by atoms with Crippen LogP contribution in [0.5, 0.6) is 0 Å². The molecule has 7 nitrogen and oxygen atoms in total. The first-order valence-electron chi connectivity index (χ1n) is 9.32. The molecule has 25 heavy (non-hydrogen) atoms. The van der Waals surface area contributed by atoms with E-state index in [0.717, 1.165) is 38.1 Å². The Hall–Kier alpha value is -1.73. The summed E-state index contributed by atoms with van der Waals surface area (Å²) in [7, 11) is 0. The van der Waals surface area contributed by atoms with Gasteiger partial charge in [-0.05, 0) is 25.7 Å². The number of anilines is 1. The molecule has 3 N–H and O–H groups in total. The monoisotopic (exact) mass is 347 g/mol. The first-order chi connectivity index (χ1) is 12.0. The molecule has 1 amide bonds. The number of piperidine rings is 1. The first-order valence-corrected chi connectivity index (χ1v) is 9.32. The summed E-state index contributed by atoms with van der Waals surface area (Å²) >= 11 is 0. The highest BCUT2D eigenvalue weighted by atomic mass is 16.5. The van der Waals surface area contributed by atoms with E-state index in [1.165, 1.54) is 0 Å². The molecule has 2 aliphatic rings. The highest BCUT2D eigenvalue weighted by Gasteiger charge is 2.25. The Morgan fingerprint density at radius 3 is 2.80 bits per heavy atom. The van der Waals surface area contributed by atoms with Crippen molar-refractivity contribution >= 4 is 11.7 Å². The standard InChI is InChI=1S/C18H29N5O2/c1-12(2)16-21-11-15(18(24)23-7-5-13(19)6-8-23)17(22-16)20-10-14-4-3-9-25-14/h11-14H,3-10,19H2,1-2H3,(H,20,21,22). The molecule has 3 rings (SSSR count). The number of hydrogen-bond donors (Lipinski definition) is 2. The van der Waals surface area contributed by atoms with E-state index in [-0.39, 0.29) is 24.0 Å². The third-order valence-corrected chi connectivity index (χ3v) is 4.90. The van der Waals surface area contributed by atoms with Crippen LogP contribution in [0.2, 0.25) is 0 Å². The lowest BCUT2D eigenvalue weighted by Crippen LogP contribution is -2.43. The molecule has 0 aromatic carbocycles. The van der Waals surface area contributed by atoms with E-state index in [4.69, 9.17) is 10.5 Å². The van der Waals surface area contributed by atoms with Gasteiger partial charge < -0.3 is 20.7 Å². The summed E-state index contributed by atoms with van der Waals surface area (Å²) in [4.78, 5) is 23.8. The fourth-order valence-electron chi connectivity index (χ4n) is 3.25. The summed E-state index contributed by atoms with van der Waals surface area (Å²) in [5.41, 5.74) is 6.49. The molecule has 2 fully saturated rings. The smallest absolute Gasteiger partial charge is 0.259 e. The summed E-state index contributed by atoms with van der Waals surface area (Å²) in [5, 5.41) is 3.33. The molecule has 3 heterocycles. The third kappa shape index (κ3) is 4.46. The molecule has 1 aromatic heterocycles. The Morgan fingerprint density at radius 1 is 1.40 bits per heavy atom. The van der Waals surface area contributed by atoms with E-state index >= 15 is 0 Å². The van der Waals surface area contributed by atoms with Gasteiger partial charge in [-0.2, -0.15) is 0 Å². The fraction of sp³-hybridized carbons (Fsp3) is 0.722. The summed E-state index contributed by atoms with van der Waals surface area (Å²) in [5.74, 6) is 1.55. The lowest BCUT2D eigenvalue weighted by Gasteiger charge is -2.30. The molecule has 2 saturated heterocycles. The van der Waals surface area contributed by atoms with Crippen LogP contribution in [0.3, 0.4) is 0 Å². The highest BCUT2D eigenvalue weighted by Crippen LogP contribution is 2.21. The molecule has 0 spiro atoms. The summed E-state index contributed by atoms with van der Waals surface area (Å²) in [6, 6.07) is 0.195. The normalized spacial score (nSPS) is 21.8. The third-order valence-electron chi connectivity index (χ3n) is 4.90. The maximum Gasteiger partial charge on any atom is 0.259 e. The van der Waals surface area contributed by atoms with Crippen molar-refractivity contribution in [1.82, 2.24) is 14.9 Å². The maximum absolute atomic E-state index is 12.9. The molecule has 0 saturated carbocycles. The average molecular weight is 347 g/mol. The Labute approximate surface area is 149 Å². The van der Waals surface area contributed by atoms with E-state index in [1.807, 2.05) is 18.7 Å². The van der Waals surface area contributed by atoms with Crippen LogP contribution in [-0.4, -0.2) is 59.2 Å². The fourth-order valence-corrected chi connectivity index (χ4v) is 3.25. The number of aromatic nitrogens is 2. The van der Waals surface area contributed by atoms with Gasteiger partial charge in [0.05, 0.1) is 6.10 Å². The van der Waals surface area contributed by atoms with E-state index < -0.39 is 0 Å². The Kier molecular flexibility index (Phi) is 5.86. The van der Waals surface area contributed by atoms with Gasteiger partial charge in [0.25, 0.3) is 5.91 Å². The van der Waals surface area contributed by atoms with Crippen molar-refractivity contribution < 1.29 is 9.53 Å². The number of carbonyl (C=O) groups excluding carboxylic acids is 1. The minimum absolute atomic E-state index is 0.0166. The van der Waals surface area contributed by atoms with E-state index in [1.54, 1.807) is 6.20 Å². The first kappa shape index (κ1) is 18.1. The van der Waals surface area contributed by atoms with Crippen molar-refractivity contribution in [1.29, 1.82) is 0 Å². The van der Waals surface area contributed by atoms with Gasteiger partial charge in [-0.25, -0.2) is 9.97 Å². The molecule has 0 radical (unpaired) electrons. The zero-order valence-electron chi connectivity index (χ0n) is 15.2. The number of likely N-dealkylation sites (tertiary alicyclic amines) is 1. The predicted octanol–water partition coefficient (Wildman–Crippen LogP) is 1.75. The van der Waals surface area contributed by atoms with E-state index in [2.05, 4.69) is 15.3 Å². The Morgan fingerprint density at radius 2 is 2.16 bits per heavy atom. The summed E-state index contributed by atoms with van der Waals surface area (Å²) in [6.07, 6.45) is 5.67. The molecule has 7 heteroatoms. The number of amides is 1. The topological polar surface area (TPSA) is 93.4 Å². The van der Waals surface area contributed by atoms with Gasteiger partial charge in [0, 0.05) is 44.4 Å². The van der Waals surface area contributed by atoms with Crippen molar-refractivity contribution in [3.63, 3.8) is 0 Å². The van der Waals surface area contributed by atoms with Crippen LogP contribution in [0.1, 0.15) is 61.6 Å². The number of rotatable bonds is 5. The van der Waals surface area contributed by atoms with Crippen LogP contribution in [0.4, 0.5) is 5.82 Å². The number of nitrogens with one attached hydrogen (secondary N) is 1. The van der Waals surface area contributed by atoms with Crippen molar-refractivity contribution in [3.8, 4) is 0 Å². The van der Waals surface area contributed by atoms with Gasteiger partial charge in [-0.1, -0.05) is 13.8 Å². The second-order valence-electron chi connectivity index (χ2n) is 7.29. The minimum atomic E-state index is -0.0166. The zero-order valence-corrected chi connectivity index (χ0v) is 15.2. The molecule has 2 aliphatic heterocycles. The molecule has 1 unspecified atom stereocenters. The van der Waals surface area contributed by atoms with Crippen molar-refractivity contribution in [2.75, 3.05) is 31.6 Å². The molecule has 1 aromatic rings. The van der Waals surface area contributed by atoms with Crippen LogP contribution in [-0.2, 0) is 4.74 Å². The second-order valence-corrected chi connectivity index (χ2v) is 7.29. The second kappa shape index (κ2) is 8.10. The molecule has 0 bridgehead atoms. The molecular weight excluding hydrogens is 318 g/mol. The number of nitrogens with two attached hydrogens (primary N) is 1. The largest absolute Gasteiger partial charge is 0.376 e. The Balaban J connectivity index is 1.77. The van der Waals surface area contributed by atoms with Crippen LogP contribution in [0.15, 0.2) is 6.20 Å². The molecule has 0 aliphatic carbocycles. The molecular formula is C18H29N5O2. The lowest BCUT2D eigenvalue weighted by molar-refractivity contribution is 0.0714. The summed E-state index contributed by atoms with van der Waals surface area (Å²) < 4.78 is 5.67. The SMILES string of the molecule is CC(C)c1ncc(C(=O)N2CCC(N)CC2)c(NCC2CCCO2)n1. The van der Waals surface area contributed by atoms with Gasteiger partial charge in [0.15, 0.2) is 0 Å². The van der Waals surface area contributed by atoms with E-state index in [9.17, 15) is 4.79 Å². The van der Waals surface area contributed by atoms with Gasteiger partial charge >= 0.3 is 0 Å². The highest BCUT2D eigenvalue weighted by molar-refractivity contribution is 5.98. The van der Waals surface area contributed by atoms with Crippen molar-refractivity contribution in [2.24, 2.45) is 5.73 Å². The van der Waals surface area contributed by atoms with Crippen LogP contribution < -0.4 is 11.1 Å². The molecule has 138 valence electrons. The van der Waals surface area contributed by atoms with Crippen molar-refractivity contribution in [3.05, 3.63) is 17.6 Å². The summed E-state index contributed by atoms with van der Waals surface area (Å²) in [6.45, 7) is 6.96. The van der Waals surface area contributed by atoms with Crippen LogP contribution in [0, 0.1) is 0 Å². The minimum Gasteiger partial charge on any atom is -0.376 e. The predicted molar refractivity (Wildman–Crippen MR) is 96.7 cm³/mol. The van der Waals surface area contributed by atoms with E-state index in [0.29, 0.717) is 31.0 Å². The number of ether oxygens (including phenoxy) is 1. The number of nitrogens with zero attached hydrogens (tertiary/aromatic N) is 3. The van der Waals surface area contributed by atoms with Gasteiger partial charge in [-0.3, -0.25) is 4.79 Å². The van der Waals surface area contributed by atoms with Crippen molar-refractivity contribution in [2.45, 2.75) is 57.6 Å². The lowest BCUT2D eigenvalue weighted by atomic mass is 10.1. The zero-order chi connectivity index (χ0) is 17.8. The molecule has 1 atom stereocenters. The number of carbonyl (C=O) groups is 1.